The van der Waals surface area contributed by atoms with Crippen molar-refractivity contribution in [2.24, 2.45) is 0 Å². The lowest BCUT2D eigenvalue weighted by atomic mass is 10.1. The maximum atomic E-state index is 12.8. The number of thiophene rings is 1. The number of benzene rings is 1. The van der Waals surface area contributed by atoms with Gasteiger partial charge < -0.3 is 5.32 Å². The number of nitrogens with zero attached hydrogens (tertiary/aromatic N) is 2. The van der Waals surface area contributed by atoms with Crippen LogP contribution in [0, 0.1) is 6.92 Å². The van der Waals surface area contributed by atoms with Crippen LogP contribution in [0.2, 0.25) is 0 Å². The van der Waals surface area contributed by atoms with Gasteiger partial charge in [-0.15, -0.1) is 11.3 Å². The van der Waals surface area contributed by atoms with Gasteiger partial charge in [-0.3, -0.25) is 4.79 Å². The first-order valence-electron chi connectivity index (χ1n) is 9.68. The van der Waals surface area contributed by atoms with Crippen LogP contribution >= 0.6 is 22.7 Å². The summed E-state index contributed by atoms with van der Waals surface area (Å²) >= 11 is 2.97. The zero-order valence-corrected chi connectivity index (χ0v) is 19.8. The topological polar surface area (TPSA) is 79.4 Å². The van der Waals surface area contributed by atoms with Crippen LogP contribution in [0.25, 0.3) is 10.6 Å². The quantitative estimate of drug-likeness (QED) is 0.525. The minimum atomic E-state index is -3.49. The number of hydrogen-bond acceptors (Lipinski definition) is 6. The van der Waals surface area contributed by atoms with Gasteiger partial charge in [-0.05, 0) is 43.0 Å². The van der Waals surface area contributed by atoms with Gasteiger partial charge >= 0.3 is 0 Å². The number of thiazole rings is 1. The van der Waals surface area contributed by atoms with Crippen molar-refractivity contribution in [2.75, 3.05) is 13.1 Å². The third kappa shape index (κ3) is 4.64. The first kappa shape index (κ1) is 22.6. The Morgan fingerprint density at radius 3 is 2.40 bits per heavy atom. The average Bonchev–Trinajstić information content (AvgIpc) is 3.38. The number of aromatic nitrogens is 1. The van der Waals surface area contributed by atoms with E-state index in [1.54, 1.807) is 35.6 Å². The first-order chi connectivity index (χ1) is 14.3. The minimum Gasteiger partial charge on any atom is -0.345 e. The molecule has 0 aliphatic rings. The highest BCUT2D eigenvalue weighted by Crippen LogP contribution is 2.30. The standard InChI is InChI=1S/C21H25N3O3S3/c1-5-24(6-2)30(26,27)18-9-7-16(8-10-18)14(3)22-20(25)19-15(4)23-21(29-19)17-11-12-28-13-17/h7-14H,5-6H2,1-4H3,(H,22,25). The Balaban J connectivity index is 1.73. The summed E-state index contributed by atoms with van der Waals surface area (Å²) in [6.07, 6.45) is 0. The van der Waals surface area contributed by atoms with Gasteiger partial charge in [0.2, 0.25) is 10.0 Å². The SMILES string of the molecule is CCN(CC)S(=O)(=O)c1ccc(C(C)NC(=O)c2sc(-c3ccsc3)nc2C)cc1. The van der Waals surface area contributed by atoms with Gasteiger partial charge in [-0.2, -0.15) is 15.6 Å². The summed E-state index contributed by atoms with van der Waals surface area (Å²) in [5.74, 6) is -0.182. The van der Waals surface area contributed by atoms with Crippen molar-refractivity contribution in [3.63, 3.8) is 0 Å². The van der Waals surface area contributed by atoms with Crippen LogP contribution in [0.3, 0.4) is 0 Å². The molecule has 1 amide bonds. The number of aryl methyl sites for hydroxylation is 1. The number of amides is 1. The number of sulfonamides is 1. The monoisotopic (exact) mass is 463 g/mol. The summed E-state index contributed by atoms with van der Waals surface area (Å²) in [7, 11) is -3.49. The Morgan fingerprint density at radius 1 is 1.17 bits per heavy atom. The fraction of sp³-hybridized carbons (Fsp3) is 0.333. The molecule has 1 unspecified atom stereocenters. The molecule has 3 rings (SSSR count). The van der Waals surface area contributed by atoms with Crippen LogP contribution in [0.5, 0.6) is 0 Å². The van der Waals surface area contributed by atoms with Crippen molar-refractivity contribution in [2.45, 2.75) is 38.6 Å². The van der Waals surface area contributed by atoms with E-state index in [0.29, 0.717) is 23.7 Å². The minimum absolute atomic E-state index is 0.182. The molecule has 0 bridgehead atoms. The predicted molar refractivity (Wildman–Crippen MR) is 123 cm³/mol. The summed E-state index contributed by atoms with van der Waals surface area (Å²) in [5, 5.41) is 7.81. The van der Waals surface area contributed by atoms with Gasteiger partial charge in [-0.1, -0.05) is 26.0 Å². The van der Waals surface area contributed by atoms with E-state index in [2.05, 4.69) is 10.3 Å². The smallest absolute Gasteiger partial charge is 0.263 e. The van der Waals surface area contributed by atoms with E-state index >= 15 is 0 Å². The lowest BCUT2D eigenvalue weighted by Crippen LogP contribution is -2.30. The lowest BCUT2D eigenvalue weighted by Gasteiger charge is -2.19. The molecule has 0 spiro atoms. The second kappa shape index (κ2) is 9.38. The molecule has 0 radical (unpaired) electrons. The molecule has 30 heavy (non-hydrogen) atoms. The molecule has 6 nitrogen and oxygen atoms in total. The van der Waals surface area contributed by atoms with Crippen LogP contribution in [0.1, 0.15) is 47.7 Å². The number of carbonyl (C=O) groups excluding carboxylic acids is 1. The van der Waals surface area contributed by atoms with Crippen molar-refractivity contribution in [3.8, 4) is 10.6 Å². The Labute approximate surface area is 185 Å². The van der Waals surface area contributed by atoms with Crippen LogP contribution in [0.4, 0.5) is 0 Å². The number of nitrogens with one attached hydrogen (secondary N) is 1. The molecule has 0 fully saturated rings. The molecule has 0 saturated heterocycles. The molecule has 3 aromatic rings. The zero-order valence-electron chi connectivity index (χ0n) is 17.4. The van der Waals surface area contributed by atoms with Gasteiger partial charge in [0.05, 0.1) is 16.6 Å². The highest BCUT2D eigenvalue weighted by Gasteiger charge is 2.22. The van der Waals surface area contributed by atoms with Crippen LogP contribution in [-0.2, 0) is 10.0 Å². The average molecular weight is 464 g/mol. The summed E-state index contributed by atoms with van der Waals surface area (Å²) in [6, 6.07) is 8.40. The Morgan fingerprint density at radius 2 is 1.83 bits per heavy atom. The Bertz CT molecular complexity index is 1100. The third-order valence-electron chi connectivity index (χ3n) is 4.84. The van der Waals surface area contributed by atoms with E-state index in [-0.39, 0.29) is 16.8 Å². The summed E-state index contributed by atoms with van der Waals surface area (Å²) in [6.45, 7) is 8.19. The summed E-state index contributed by atoms with van der Waals surface area (Å²) < 4.78 is 26.7. The van der Waals surface area contributed by atoms with E-state index in [1.807, 2.05) is 44.5 Å². The Kier molecular flexibility index (Phi) is 7.07. The van der Waals surface area contributed by atoms with Gasteiger partial charge in [0.15, 0.2) is 0 Å². The molecule has 0 aliphatic carbocycles. The van der Waals surface area contributed by atoms with Gasteiger partial charge in [0.1, 0.15) is 9.88 Å². The van der Waals surface area contributed by atoms with Crippen molar-refractivity contribution < 1.29 is 13.2 Å². The molecule has 160 valence electrons. The molecule has 0 saturated carbocycles. The molecule has 0 aliphatic heterocycles. The lowest BCUT2D eigenvalue weighted by molar-refractivity contribution is 0.0943. The maximum absolute atomic E-state index is 12.8. The second-order valence-electron chi connectivity index (χ2n) is 6.80. The van der Waals surface area contributed by atoms with E-state index in [9.17, 15) is 13.2 Å². The number of hydrogen-bond donors (Lipinski definition) is 1. The predicted octanol–water partition coefficient (Wildman–Crippen LogP) is 4.70. The molecule has 1 atom stereocenters. The molecular weight excluding hydrogens is 438 g/mol. The number of carbonyl (C=O) groups is 1. The van der Waals surface area contributed by atoms with Crippen LogP contribution in [-0.4, -0.2) is 36.7 Å². The molecule has 2 aromatic heterocycles. The fourth-order valence-corrected chi connectivity index (χ4v) is 6.24. The first-order valence-corrected chi connectivity index (χ1v) is 12.9. The van der Waals surface area contributed by atoms with Crippen molar-refractivity contribution in [1.29, 1.82) is 0 Å². The van der Waals surface area contributed by atoms with E-state index in [1.165, 1.54) is 15.6 Å². The number of rotatable bonds is 8. The third-order valence-corrected chi connectivity index (χ3v) is 8.79. The summed E-state index contributed by atoms with van der Waals surface area (Å²) in [4.78, 5) is 18.1. The highest BCUT2D eigenvalue weighted by atomic mass is 32.2. The van der Waals surface area contributed by atoms with E-state index in [4.69, 9.17) is 0 Å². The highest BCUT2D eigenvalue weighted by molar-refractivity contribution is 7.89. The second-order valence-corrected chi connectivity index (χ2v) is 10.5. The molecule has 1 N–H and O–H groups in total. The van der Waals surface area contributed by atoms with E-state index < -0.39 is 10.0 Å². The summed E-state index contributed by atoms with van der Waals surface area (Å²) in [5.41, 5.74) is 2.55. The molecule has 9 heteroatoms. The van der Waals surface area contributed by atoms with Crippen molar-refractivity contribution >= 4 is 38.6 Å². The van der Waals surface area contributed by atoms with Crippen molar-refractivity contribution in [1.82, 2.24) is 14.6 Å². The van der Waals surface area contributed by atoms with Gasteiger partial charge in [-0.25, -0.2) is 13.4 Å². The maximum Gasteiger partial charge on any atom is 0.263 e. The van der Waals surface area contributed by atoms with Crippen LogP contribution < -0.4 is 5.32 Å². The van der Waals surface area contributed by atoms with E-state index in [0.717, 1.165) is 16.1 Å². The Hall–Kier alpha value is -2.07. The molecular formula is C21H25N3O3S3. The van der Waals surface area contributed by atoms with Gasteiger partial charge in [0, 0.05) is 24.0 Å². The molecule has 1 aromatic carbocycles. The normalized spacial score (nSPS) is 12.8. The van der Waals surface area contributed by atoms with Gasteiger partial charge in [0.25, 0.3) is 5.91 Å². The molecule has 2 heterocycles. The van der Waals surface area contributed by atoms with Crippen LogP contribution in [0.15, 0.2) is 46.0 Å². The zero-order chi connectivity index (χ0) is 21.9. The largest absolute Gasteiger partial charge is 0.345 e. The fourth-order valence-electron chi connectivity index (χ4n) is 3.10. The van der Waals surface area contributed by atoms with Crippen molar-refractivity contribution in [3.05, 3.63) is 57.2 Å².